The predicted octanol–water partition coefficient (Wildman–Crippen LogP) is 0.916. The van der Waals surface area contributed by atoms with Gasteiger partial charge in [0, 0.05) is 23.4 Å². The lowest BCUT2D eigenvalue weighted by Crippen LogP contribution is -2.86. The second-order valence-corrected chi connectivity index (χ2v) is 11.7. The molecule has 0 amide bonds. The molecule has 0 radical (unpaired) electrons. The van der Waals surface area contributed by atoms with Crippen LogP contribution in [0.15, 0.2) is 24.4 Å². The summed E-state index contributed by atoms with van der Waals surface area (Å²) >= 11 is 0. The average Bonchev–Trinajstić information content (AvgIpc) is 2.96. The smallest absolute Gasteiger partial charge is 0.206 e. The van der Waals surface area contributed by atoms with Gasteiger partial charge in [-0.1, -0.05) is 19.9 Å². The van der Waals surface area contributed by atoms with Gasteiger partial charge in [-0.3, -0.25) is 4.98 Å². The molecule has 4 N–H and O–H groups in total. The van der Waals surface area contributed by atoms with Crippen molar-refractivity contribution in [3.8, 4) is 11.5 Å². The normalized spacial score (nSPS) is 47.6. The molecule has 2 aromatic rings. The largest absolute Gasteiger partial charge is 0.392 e. The van der Waals surface area contributed by atoms with Gasteiger partial charge in [-0.05, 0) is 49.1 Å². The number of nitrogens with zero attached hydrogens (tertiary/aromatic N) is 4. The van der Waals surface area contributed by atoms with Gasteiger partial charge >= 0.3 is 0 Å². The molecule has 6 aliphatic rings. The first kappa shape index (κ1) is 21.3. The molecule has 180 valence electrons. The van der Waals surface area contributed by atoms with E-state index in [1.165, 1.54) is 0 Å². The third kappa shape index (κ3) is 2.08. The van der Waals surface area contributed by atoms with Gasteiger partial charge < -0.3 is 25.2 Å². The number of aromatic nitrogens is 4. The first-order valence-electron chi connectivity index (χ1n) is 12.3. The third-order valence-electron chi connectivity index (χ3n) is 10.1. The maximum absolute atomic E-state index is 12.2. The van der Waals surface area contributed by atoms with E-state index in [0.717, 1.165) is 6.42 Å². The third-order valence-corrected chi connectivity index (χ3v) is 10.1. The van der Waals surface area contributed by atoms with Crippen molar-refractivity contribution >= 4 is 0 Å². The van der Waals surface area contributed by atoms with Crippen LogP contribution in [0.25, 0.3) is 11.5 Å². The highest BCUT2D eigenvalue weighted by molar-refractivity contribution is 5.52. The molecule has 4 aliphatic carbocycles. The van der Waals surface area contributed by atoms with E-state index < -0.39 is 34.9 Å². The van der Waals surface area contributed by atoms with Crippen molar-refractivity contribution in [2.45, 2.75) is 75.0 Å². The van der Waals surface area contributed by atoms with E-state index in [-0.39, 0.29) is 29.8 Å². The molecular weight excluding hydrogens is 436 g/mol. The number of ether oxygens (including phenoxy) is 1. The maximum atomic E-state index is 12.2. The van der Waals surface area contributed by atoms with E-state index in [2.05, 4.69) is 29.0 Å². The Morgan fingerprint density at radius 3 is 2.62 bits per heavy atom. The van der Waals surface area contributed by atoms with Crippen LogP contribution in [0.4, 0.5) is 0 Å². The Balaban J connectivity index is 1.48. The van der Waals surface area contributed by atoms with Crippen molar-refractivity contribution in [1.29, 1.82) is 0 Å². The summed E-state index contributed by atoms with van der Waals surface area (Å²) in [6, 6.07) is 5.46. The van der Waals surface area contributed by atoms with Gasteiger partial charge in [0.05, 0.1) is 30.2 Å². The summed E-state index contributed by atoms with van der Waals surface area (Å²) in [5.41, 5.74) is -0.974. The fourth-order valence-electron chi connectivity index (χ4n) is 8.90. The number of pyridine rings is 1. The molecular formula is C25H30N4O5. The molecule has 9 atom stereocenters. The Bertz CT molecular complexity index is 1180. The van der Waals surface area contributed by atoms with Crippen LogP contribution in [0.1, 0.15) is 56.8 Å². The summed E-state index contributed by atoms with van der Waals surface area (Å²) < 4.78 is 6.11. The zero-order valence-electron chi connectivity index (χ0n) is 19.3. The number of aliphatic hydroxyl groups excluding tert-OH is 3. The molecule has 5 fully saturated rings. The highest BCUT2D eigenvalue weighted by Crippen LogP contribution is 2.76. The minimum Gasteiger partial charge on any atom is -0.392 e. The van der Waals surface area contributed by atoms with E-state index >= 15 is 0 Å². The standard InChI is InChI=1S/C25H30N4O5/c1-22(2)9-8-15(30)23-11-34-25(33,20(32)17(22)23)24-14(23)7-6-12(19(24)31)16-18(24)28-29-21(27-16)13-5-3-4-10-26-13/h3-5,10,12,14-15,17,19-20,30-33H,6-9,11H2,1-2H3/t12-,14?,15-,17?,19+,20-,23+,24?,25-/m0/s1. The van der Waals surface area contributed by atoms with Crippen molar-refractivity contribution in [3.05, 3.63) is 35.8 Å². The van der Waals surface area contributed by atoms with E-state index in [1.54, 1.807) is 12.3 Å². The van der Waals surface area contributed by atoms with Crippen LogP contribution < -0.4 is 0 Å². The van der Waals surface area contributed by atoms with Crippen LogP contribution >= 0.6 is 0 Å². The Morgan fingerprint density at radius 2 is 1.85 bits per heavy atom. The molecule has 4 bridgehead atoms. The summed E-state index contributed by atoms with van der Waals surface area (Å²) in [7, 11) is 0. The van der Waals surface area contributed by atoms with Crippen molar-refractivity contribution in [2.24, 2.45) is 22.7 Å². The van der Waals surface area contributed by atoms with Gasteiger partial charge in [0.15, 0.2) is 0 Å². The summed E-state index contributed by atoms with van der Waals surface area (Å²) in [6.45, 7) is 4.33. The summed E-state index contributed by atoms with van der Waals surface area (Å²) in [4.78, 5) is 9.11. The Morgan fingerprint density at radius 1 is 1.03 bits per heavy atom. The molecule has 2 spiro atoms. The van der Waals surface area contributed by atoms with E-state index in [9.17, 15) is 20.4 Å². The molecule has 3 unspecified atom stereocenters. The second-order valence-electron chi connectivity index (χ2n) is 11.7. The highest BCUT2D eigenvalue weighted by Gasteiger charge is 2.85. The van der Waals surface area contributed by atoms with Gasteiger partial charge in [0.25, 0.3) is 0 Å². The zero-order valence-corrected chi connectivity index (χ0v) is 19.3. The molecule has 2 saturated heterocycles. The monoisotopic (exact) mass is 466 g/mol. The lowest BCUT2D eigenvalue weighted by molar-refractivity contribution is -0.449. The lowest BCUT2D eigenvalue weighted by Gasteiger charge is -2.75. The molecule has 2 aromatic heterocycles. The molecule has 9 heteroatoms. The van der Waals surface area contributed by atoms with Crippen LogP contribution in [-0.4, -0.2) is 71.3 Å². The van der Waals surface area contributed by atoms with E-state index in [4.69, 9.17) is 9.72 Å². The zero-order chi connectivity index (χ0) is 23.7. The van der Waals surface area contributed by atoms with E-state index in [0.29, 0.717) is 42.2 Å². The van der Waals surface area contributed by atoms with E-state index in [1.807, 2.05) is 12.1 Å². The summed E-state index contributed by atoms with van der Waals surface area (Å²) in [6.07, 6.45) is 1.23. The molecule has 8 rings (SSSR count). The summed E-state index contributed by atoms with van der Waals surface area (Å²) in [5.74, 6) is -2.76. The number of hydrogen-bond acceptors (Lipinski definition) is 9. The summed E-state index contributed by atoms with van der Waals surface area (Å²) in [5, 5.41) is 56.2. The molecule has 3 saturated carbocycles. The quantitative estimate of drug-likeness (QED) is 0.482. The van der Waals surface area contributed by atoms with Crippen LogP contribution in [0.3, 0.4) is 0 Å². The maximum Gasteiger partial charge on any atom is 0.206 e. The number of fused-ring (bicyclic) bond motifs is 4. The Kier molecular flexibility index (Phi) is 3.99. The van der Waals surface area contributed by atoms with Gasteiger partial charge in [-0.15, -0.1) is 5.10 Å². The number of aliphatic hydroxyl groups is 4. The van der Waals surface area contributed by atoms with Crippen molar-refractivity contribution in [3.63, 3.8) is 0 Å². The van der Waals surface area contributed by atoms with Crippen LogP contribution in [-0.2, 0) is 10.2 Å². The molecule has 2 aliphatic heterocycles. The molecule has 4 heterocycles. The van der Waals surface area contributed by atoms with Crippen LogP contribution in [0.5, 0.6) is 0 Å². The van der Waals surface area contributed by atoms with Crippen molar-refractivity contribution in [1.82, 2.24) is 20.2 Å². The van der Waals surface area contributed by atoms with Gasteiger partial charge in [-0.2, -0.15) is 5.10 Å². The minimum atomic E-state index is -2.05. The average molecular weight is 467 g/mol. The highest BCUT2D eigenvalue weighted by atomic mass is 16.6. The first-order valence-corrected chi connectivity index (χ1v) is 12.3. The second kappa shape index (κ2) is 6.39. The minimum absolute atomic E-state index is 0.141. The predicted molar refractivity (Wildman–Crippen MR) is 118 cm³/mol. The van der Waals surface area contributed by atoms with Crippen molar-refractivity contribution < 1.29 is 25.2 Å². The first-order chi connectivity index (χ1) is 16.2. The molecule has 0 aromatic carbocycles. The fourth-order valence-corrected chi connectivity index (χ4v) is 8.90. The molecule has 9 nitrogen and oxygen atoms in total. The Labute approximate surface area is 197 Å². The number of rotatable bonds is 1. The Hall–Kier alpha value is -2.04. The SMILES string of the molecule is CC1(C)CC[C@H](O)[C@]23CO[C@@](O)([C@@H](O)C12)C12c4nnc(-c5ccccn5)nc4[C@H](CCC13)[C@H]2O. The topological polar surface area (TPSA) is 142 Å². The van der Waals surface area contributed by atoms with Crippen molar-refractivity contribution in [2.75, 3.05) is 6.61 Å². The molecule has 34 heavy (non-hydrogen) atoms. The number of hydrogen-bond donors (Lipinski definition) is 4. The van der Waals surface area contributed by atoms with Crippen LogP contribution in [0, 0.1) is 22.7 Å². The van der Waals surface area contributed by atoms with Gasteiger partial charge in [0.2, 0.25) is 11.6 Å². The lowest BCUT2D eigenvalue weighted by atomic mass is 9.35. The van der Waals surface area contributed by atoms with Gasteiger partial charge in [0.1, 0.15) is 17.2 Å². The van der Waals surface area contributed by atoms with Gasteiger partial charge in [-0.25, -0.2) is 4.98 Å². The van der Waals surface area contributed by atoms with Crippen LogP contribution in [0.2, 0.25) is 0 Å². The fraction of sp³-hybridized carbons (Fsp3) is 0.680.